The van der Waals surface area contributed by atoms with Gasteiger partial charge in [-0.1, -0.05) is 12.1 Å². The molecular formula is C15H17NO5S. The van der Waals surface area contributed by atoms with Crippen molar-refractivity contribution in [1.82, 2.24) is 4.98 Å². The smallest absolute Gasteiger partial charge is 0.343 e. The molecule has 2 aromatic rings. The number of pyridine rings is 1. The molecule has 0 saturated heterocycles. The molecule has 0 bridgehead atoms. The average Bonchev–Trinajstić information content (AvgIpc) is 2.47. The summed E-state index contributed by atoms with van der Waals surface area (Å²) in [4.78, 5) is 3.99. The molecular weight excluding hydrogens is 306 g/mol. The maximum absolute atomic E-state index is 12.6. The molecule has 1 aromatic heterocycles. The number of aromatic nitrogens is 1. The van der Waals surface area contributed by atoms with Gasteiger partial charge in [-0.25, -0.2) is 0 Å². The maximum atomic E-state index is 12.6. The summed E-state index contributed by atoms with van der Waals surface area (Å²) in [5, 5.41) is 0. The van der Waals surface area contributed by atoms with Gasteiger partial charge in [0.05, 0.1) is 5.69 Å². The van der Waals surface area contributed by atoms with Crippen molar-refractivity contribution < 1.29 is 22.1 Å². The van der Waals surface area contributed by atoms with E-state index in [1.54, 1.807) is 50.4 Å². The second-order valence-electron chi connectivity index (χ2n) is 4.58. The van der Waals surface area contributed by atoms with Gasteiger partial charge in [-0.2, -0.15) is 8.42 Å². The predicted molar refractivity (Wildman–Crippen MR) is 80.5 cm³/mol. The zero-order valence-electron chi connectivity index (χ0n) is 12.6. The molecule has 6 nitrogen and oxygen atoms in total. The number of hydrogen-bond acceptors (Lipinski definition) is 6. The van der Waals surface area contributed by atoms with Crippen LogP contribution in [0.3, 0.4) is 0 Å². The van der Waals surface area contributed by atoms with Crippen LogP contribution in [0, 0.1) is 13.8 Å². The minimum absolute atomic E-state index is 0.0182. The van der Waals surface area contributed by atoms with Crippen molar-refractivity contribution in [3.63, 3.8) is 0 Å². The highest BCUT2D eigenvalue weighted by atomic mass is 32.2. The summed E-state index contributed by atoms with van der Waals surface area (Å²) in [6, 6.07) is 8.09. The Bertz CT molecular complexity index is 758. The van der Waals surface area contributed by atoms with Crippen LogP contribution in [0.5, 0.6) is 11.5 Å². The maximum Gasteiger partial charge on any atom is 0.343 e. The van der Waals surface area contributed by atoms with Crippen molar-refractivity contribution in [2.24, 2.45) is 0 Å². The number of ether oxygens (including phenoxy) is 2. The molecule has 1 heterocycles. The Labute approximate surface area is 129 Å². The Morgan fingerprint density at radius 3 is 2.50 bits per heavy atom. The second kappa shape index (κ2) is 6.76. The van der Waals surface area contributed by atoms with Crippen LogP contribution in [0.2, 0.25) is 0 Å². The first-order chi connectivity index (χ1) is 10.5. The Morgan fingerprint density at radius 1 is 1.09 bits per heavy atom. The van der Waals surface area contributed by atoms with Gasteiger partial charge >= 0.3 is 10.1 Å². The summed E-state index contributed by atoms with van der Waals surface area (Å²) in [5.74, 6) is 0.367. The van der Waals surface area contributed by atoms with E-state index >= 15 is 0 Å². The molecule has 0 radical (unpaired) electrons. The van der Waals surface area contributed by atoms with Gasteiger partial charge in [0.25, 0.3) is 0 Å². The van der Waals surface area contributed by atoms with E-state index in [1.165, 1.54) is 7.11 Å². The van der Waals surface area contributed by atoms with Crippen LogP contribution in [0.4, 0.5) is 0 Å². The van der Waals surface area contributed by atoms with Gasteiger partial charge in [0.2, 0.25) is 0 Å². The van der Waals surface area contributed by atoms with E-state index in [9.17, 15) is 8.42 Å². The van der Waals surface area contributed by atoms with Crippen LogP contribution in [-0.4, -0.2) is 27.3 Å². The topological polar surface area (TPSA) is 74.7 Å². The highest BCUT2D eigenvalue weighted by Crippen LogP contribution is 2.30. The first kappa shape index (κ1) is 16.3. The monoisotopic (exact) mass is 323 g/mol. The summed E-state index contributed by atoms with van der Waals surface area (Å²) >= 11 is 0. The van der Waals surface area contributed by atoms with Crippen LogP contribution in [0.15, 0.2) is 41.4 Å². The lowest BCUT2D eigenvalue weighted by molar-refractivity contribution is 0.0489. The third-order valence-electron chi connectivity index (χ3n) is 2.92. The highest BCUT2D eigenvalue weighted by molar-refractivity contribution is 7.87. The van der Waals surface area contributed by atoms with Crippen molar-refractivity contribution in [2.75, 3.05) is 13.9 Å². The zero-order chi connectivity index (χ0) is 16.2. The molecule has 0 fully saturated rings. The first-order valence-electron chi connectivity index (χ1n) is 6.53. The molecule has 0 atom stereocenters. The van der Waals surface area contributed by atoms with Crippen LogP contribution < -0.4 is 8.92 Å². The van der Waals surface area contributed by atoms with Crippen molar-refractivity contribution in [3.8, 4) is 11.5 Å². The van der Waals surface area contributed by atoms with Crippen LogP contribution in [0.25, 0.3) is 0 Å². The minimum atomic E-state index is -4.05. The quantitative estimate of drug-likeness (QED) is 0.600. The van der Waals surface area contributed by atoms with Crippen molar-refractivity contribution >= 4 is 10.1 Å². The third-order valence-corrected chi connectivity index (χ3v) is 4.34. The van der Waals surface area contributed by atoms with E-state index in [0.717, 1.165) is 0 Å². The van der Waals surface area contributed by atoms with Gasteiger partial charge in [0.1, 0.15) is 5.75 Å². The molecule has 7 heteroatoms. The number of benzene rings is 1. The number of hydrogen-bond donors (Lipinski definition) is 0. The summed E-state index contributed by atoms with van der Waals surface area (Å²) in [6.07, 6.45) is 1.57. The van der Waals surface area contributed by atoms with Gasteiger partial charge in [-0.3, -0.25) is 4.98 Å². The molecule has 0 N–H and O–H groups in total. The first-order valence-corrected chi connectivity index (χ1v) is 7.94. The fourth-order valence-corrected chi connectivity index (χ4v) is 3.23. The molecule has 0 aliphatic heterocycles. The van der Waals surface area contributed by atoms with E-state index in [-0.39, 0.29) is 23.2 Å². The molecule has 2 rings (SSSR count). The molecule has 1 aromatic carbocycles. The van der Waals surface area contributed by atoms with Gasteiger partial charge in [-0.05, 0) is 37.6 Å². The van der Waals surface area contributed by atoms with Gasteiger partial charge < -0.3 is 13.7 Å². The number of rotatable bonds is 6. The van der Waals surface area contributed by atoms with Gasteiger partial charge in [0, 0.05) is 13.3 Å². The van der Waals surface area contributed by atoms with Gasteiger partial charge in [0.15, 0.2) is 17.4 Å². The van der Waals surface area contributed by atoms with Crippen molar-refractivity contribution in [1.29, 1.82) is 0 Å². The van der Waals surface area contributed by atoms with E-state index < -0.39 is 10.1 Å². The molecule has 0 saturated carbocycles. The average molecular weight is 323 g/mol. The fourth-order valence-electron chi connectivity index (χ4n) is 1.90. The van der Waals surface area contributed by atoms with Crippen LogP contribution in [0.1, 0.15) is 11.3 Å². The van der Waals surface area contributed by atoms with Crippen LogP contribution in [-0.2, 0) is 14.9 Å². The van der Waals surface area contributed by atoms with E-state index in [2.05, 4.69) is 4.98 Å². The Hall–Kier alpha value is -2.12. The normalized spacial score (nSPS) is 11.2. The Morgan fingerprint density at radius 2 is 1.82 bits per heavy atom. The molecule has 118 valence electrons. The second-order valence-corrected chi connectivity index (χ2v) is 6.06. The van der Waals surface area contributed by atoms with E-state index in [4.69, 9.17) is 13.7 Å². The van der Waals surface area contributed by atoms with E-state index in [0.29, 0.717) is 11.3 Å². The molecule has 0 aliphatic carbocycles. The van der Waals surface area contributed by atoms with Gasteiger partial charge in [-0.15, -0.1) is 0 Å². The lowest BCUT2D eigenvalue weighted by atomic mass is 10.2. The summed E-state index contributed by atoms with van der Waals surface area (Å²) in [6.45, 7) is 3.29. The zero-order valence-corrected chi connectivity index (χ0v) is 13.4. The minimum Gasteiger partial charge on any atom is -0.466 e. The van der Waals surface area contributed by atoms with Crippen molar-refractivity contribution in [2.45, 2.75) is 18.7 Å². The number of nitrogens with zero attached hydrogens (tertiary/aromatic N) is 1. The fraction of sp³-hybridized carbons (Fsp3) is 0.267. The number of methoxy groups -OCH3 is 1. The lowest BCUT2D eigenvalue weighted by Gasteiger charge is -2.14. The molecule has 0 aliphatic rings. The molecule has 0 spiro atoms. The Kier molecular flexibility index (Phi) is 4.99. The van der Waals surface area contributed by atoms with E-state index in [1.807, 2.05) is 0 Å². The highest BCUT2D eigenvalue weighted by Gasteiger charge is 2.25. The summed E-state index contributed by atoms with van der Waals surface area (Å²) < 4.78 is 40.5. The molecule has 0 unspecified atom stereocenters. The third kappa shape index (κ3) is 3.55. The number of aryl methyl sites for hydroxylation is 2. The predicted octanol–water partition coefficient (Wildman–Crippen LogP) is 2.45. The summed E-state index contributed by atoms with van der Waals surface area (Å²) in [7, 11) is -2.59. The Balaban J connectivity index is 2.43. The standard InChI is InChI=1S/C15H17NO5S/c1-11-6-4-7-14(20-10-19-3)15(11)22(17,18)21-13-8-5-9-16-12(13)2/h4-9H,10H2,1-3H3. The van der Waals surface area contributed by atoms with Crippen molar-refractivity contribution in [3.05, 3.63) is 47.8 Å². The molecule has 22 heavy (non-hydrogen) atoms. The summed E-state index contributed by atoms with van der Waals surface area (Å²) in [5.41, 5.74) is 1.01. The molecule has 0 amide bonds. The lowest BCUT2D eigenvalue weighted by Crippen LogP contribution is -2.14. The van der Waals surface area contributed by atoms with Crippen LogP contribution >= 0.6 is 0 Å². The SMILES string of the molecule is COCOc1cccc(C)c1S(=O)(=O)Oc1cccnc1C. The largest absolute Gasteiger partial charge is 0.466 e.